The van der Waals surface area contributed by atoms with Crippen LogP contribution in [0.3, 0.4) is 0 Å². The molecule has 0 amide bonds. The molecule has 0 bridgehead atoms. The van der Waals surface area contributed by atoms with Gasteiger partial charge < -0.3 is 24.3 Å². The Morgan fingerprint density at radius 1 is 1.16 bits per heavy atom. The van der Waals surface area contributed by atoms with Crippen LogP contribution in [-0.4, -0.2) is 39.4 Å². The van der Waals surface area contributed by atoms with E-state index in [0.29, 0.717) is 6.54 Å². The van der Waals surface area contributed by atoms with Crippen LogP contribution in [0.4, 0.5) is 0 Å². The minimum atomic E-state index is -0.0277. The van der Waals surface area contributed by atoms with Crippen molar-refractivity contribution < 1.29 is 9.47 Å². The van der Waals surface area contributed by atoms with Crippen molar-refractivity contribution in [3.05, 3.63) is 83.9 Å². The molecule has 166 valence electrons. The lowest BCUT2D eigenvalue weighted by atomic mass is 10.0. The summed E-state index contributed by atoms with van der Waals surface area (Å²) in [5.41, 5.74) is 3.39. The Morgan fingerprint density at radius 2 is 2.03 bits per heavy atom. The Bertz CT molecular complexity index is 1050. The van der Waals surface area contributed by atoms with Crippen LogP contribution >= 0.6 is 12.2 Å². The quantitative estimate of drug-likeness (QED) is 0.546. The lowest BCUT2D eigenvalue weighted by Gasteiger charge is -2.29. The number of nitrogens with one attached hydrogen (secondary N) is 1. The molecule has 2 fully saturated rings. The molecule has 1 N–H and O–H groups in total. The fourth-order valence-electron chi connectivity index (χ4n) is 4.69. The van der Waals surface area contributed by atoms with E-state index in [1.165, 1.54) is 11.3 Å². The number of thiocarbonyl (C=S) groups is 1. The molecule has 0 saturated carbocycles. The van der Waals surface area contributed by atoms with E-state index >= 15 is 0 Å². The van der Waals surface area contributed by atoms with Crippen LogP contribution in [0, 0.1) is 0 Å². The first-order valence-electron chi connectivity index (χ1n) is 11.1. The van der Waals surface area contributed by atoms with E-state index in [4.69, 9.17) is 21.7 Å². The first-order valence-corrected chi connectivity index (χ1v) is 11.5. The van der Waals surface area contributed by atoms with Crippen molar-refractivity contribution in [2.75, 3.05) is 13.7 Å². The number of aromatic nitrogens is 2. The average Bonchev–Trinajstić information content (AvgIpc) is 3.57. The lowest BCUT2D eigenvalue weighted by molar-refractivity contribution is 0.0953. The minimum absolute atomic E-state index is 0.0240. The fourth-order valence-corrected chi connectivity index (χ4v) is 5.00. The molecule has 4 heterocycles. The number of pyridine rings is 1. The Kier molecular flexibility index (Phi) is 6.10. The number of hydrogen-bond acceptors (Lipinski definition) is 4. The molecular formula is C25H28N4O2S. The molecular weight excluding hydrogens is 420 g/mol. The summed E-state index contributed by atoms with van der Waals surface area (Å²) < 4.78 is 13.6. The molecule has 0 radical (unpaired) electrons. The van der Waals surface area contributed by atoms with Gasteiger partial charge in [0.2, 0.25) is 0 Å². The van der Waals surface area contributed by atoms with Gasteiger partial charge in [-0.1, -0.05) is 18.2 Å². The second kappa shape index (κ2) is 9.30. The first kappa shape index (κ1) is 21.0. The molecule has 7 heteroatoms. The maximum Gasteiger partial charge on any atom is 0.170 e. The topological polar surface area (TPSA) is 51.5 Å². The predicted molar refractivity (Wildman–Crippen MR) is 127 cm³/mol. The largest absolute Gasteiger partial charge is 0.497 e. The predicted octanol–water partition coefficient (Wildman–Crippen LogP) is 4.24. The summed E-state index contributed by atoms with van der Waals surface area (Å²) in [6.45, 7) is 2.42. The molecule has 1 aromatic carbocycles. The standard InChI is InChI=1S/C25H28N4O2S/c1-30-19-11-9-18(10-12-19)16-29-24(23(27-25(29)32)21-7-2-3-13-26-21)22-8-4-14-28(22)17-20-6-5-15-31-20/h2-4,7-14,20,23-24H,5-6,15-17H2,1H3,(H,27,32)/t20-,23-,24+/m1/s1. The molecule has 0 unspecified atom stereocenters. The lowest BCUT2D eigenvalue weighted by Crippen LogP contribution is -2.30. The third-order valence-electron chi connectivity index (χ3n) is 6.30. The van der Waals surface area contributed by atoms with Gasteiger partial charge in [0, 0.05) is 37.8 Å². The van der Waals surface area contributed by atoms with E-state index < -0.39 is 0 Å². The number of hydrogen-bond donors (Lipinski definition) is 1. The van der Waals surface area contributed by atoms with Crippen LogP contribution in [0.1, 0.15) is 41.9 Å². The van der Waals surface area contributed by atoms with E-state index in [1.54, 1.807) is 7.11 Å². The molecule has 2 aliphatic rings. The molecule has 0 aliphatic carbocycles. The molecule has 6 nitrogen and oxygen atoms in total. The molecule has 2 aliphatic heterocycles. The van der Waals surface area contributed by atoms with Crippen LogP contribution in [0.5, 0.6) is 5.75 Å². The van der Waals surface area contributed by atoms with Gasteiger partial charge in [-0.15, -0.1) is 0 Å². The van der Waals surface area contributed by atoms with Gasteiger partial charge in [0.25, 0.3) is 0 Å². The highest BCUT2D eigenvalue weighted by Crippen LogP contribution is 2.40. The van der Waals surface area contributed by atoms with Crippen LogP contribution in [0.25, 0.3) is 0 Å². The van der Waals surface area contributed by atoms with Gasteiger partial charge in [0.05, 0.1) is 31.0 Å². The van der Waals surface area contributed by atoms with E-state index in [1.807, 2.05) is 30.5 Å². The number of methoxy groups -OCH3 is 1. The Morgan fingerprint density at radius 3 is 2.75 bits per heavy atom. The Hall–Kier alpha value is -2.90. The van der Waals surface area contributed by atoms with Crippen LogP contribution in [0.2, 0.25) is 0 Å². The molecule has 5 rings (SSSR count). The molecule has 0 spiro atoms. The van der Waals surface area contributed by atoms with Gasteiger partial charge in [0.15, 0.2) is 5.11 Å². The minimum Gasteiger partial charge on any atom is -0.497 e. The number of rotatable bonds is 7. The van der Waals surface area contributed by atoms with E-state index in [-0.39, 0.29) is 18.2 Å². The van der Waals surface area contributed by atoms with Gasteiger partial charge in [-0.3, -0.25) is 4.98 Å². The molecule has 3 atom stereocenters. The maximum atomic E-state index is 5.92. The first-order chi connectivity index (χ1) is 15.7. The van der Waals surface area contributed by atoms with E-state index in [0.717, 1.165) is 42.5 Å². The normalized spacial score (nSPS) is 22.8. The highest BCUT2D eigenvalue weighted by Gasteiger charge is 2.41. The maximum absolute atomic E-state index is 5.92. The van der Waals surface area contributed by atoms with Gasteiger partial charge >= 0.3 is 0 Å². The smallest absolute Gasteiger partial charge is 0.170 e. The zero-order valence-electron chi connectivity index (χ0n) is 18.2. The Balaban J connectivity index is 1.49. The summed E-state index contributed by atoms with van der Waals surface area (Å²) in [7, 11) is 1.68. The summed E-state index contributed by atoms with van der Waals surface area (Å²) in [4.78, 5) is 6.93. The van der Waals surface area contributed by atoms with Crippen molar-refractivity contribution in [3.63, 3.8) is 0 Å². The third-order valence-corrected chi connectivity index (χ3v) is 6.65. The summed E-state index contributed by atoms with van der Waals surface area (Å²) >= 11 is 5.83. The van der Waals surface area contributed by atoms with Crippen molar-refractivity contribution in [1.29, 1.82) is 0 Å². The van der Waals surface area contributed by atoms with Crippen LogP contribution in [-0.2, 0) is 17.8 Å². The van der Waals surface area contributed by atoms with Crippen molar-refractivity contribution in [3.8, 4) is 5.75 Å². The average molecular weight is 449 g/mol. The number of benzene rings is 1. The highest BCUT2D eigenvalue weighted by molar-refractivity contribution is 7.80. The summed E-state index contributed by atoms with van der Waals surface area (Å²) in [5.74, 6) is 0.851. The van der Waals surface area contributed by atoms with Crippen LogP contribution < -0.4 is 10.1 Å². The number of ether oxygens (including phenoxy) is 2. The zero-order valence-corrected chi connectivity index (χ0v) is 19.0. The molecule has 3 aromatic rings. The summed E-state index contributed by atoms with van der Waals surface area (Å²) in [5, 5.41) is 4.29. The van der Waals surface area contributed by atoms with Crippen molar-refractivity contribution >= 4 is 17.3 Å². The Labute approximate surface area is 194 Å². The van der Waals surface area contributed by atoms with Gasteiger partial charge in [-0.25, -0.2) is 0 Å². The molecule has 32 heavy (non-hydrogen) atoms. The zero-order chi connectivity index (χ0) is 21.9. The van der Waals surface area contributed by atoms with Gasteiger partial charge in [0.1, 0.15) is 5.75 Å². The second-order valence-electron chi connectivity index (χ2n) is 8.32. The third kappa shape index (κ3) is 4.23. The molecule has 2 aromatic heterocycles. The summed E-state index contributed by atoms with van der Waals surface area (Å²) in [6.07, 6.45) is 6.51. The highest BCUT2D eigenvalue weighted by atomic mass is 32.1. The van der Waals surface area contributed by atoms with Crippen molar-refractivity contribution in [2.24, 2.45) is 0 Å². The van der Waals surface area contributed by atoms with Crippen molar-refractivity contribution in [1.82, 2.24) is 19.8 Å². The molecule has 2 saturated heterocycles. The van der Waals surface area contributed by atoms with E-state index in [9.17, 15) is 0 Å². The number of nitrogens with zero attached hydrogens (tertiary/aromatic N) is 3. The SMILES string of the molecule is COc1ccc(CN2C(=S)N[C@H](c3ccccn3)[C@@H]2c2cccn2C[C@H]2CCCO2)cc1. The monoisotopic (exact) mass is 448 g/mol. The van der Waals surface area contributed by atoms with Gasteiger partial charge in [-0.05, 0) is 67.0 Å². The van der Waals surface area contributed by atoms with Crippen molar-refractivity contribution in [2.45, 2.75) is 44.1 Å². The van der Waals surface area contributed by atoms with Gasteiger partial charge in [-0.2, -0.15) is 0 Å². The van der Waals surface area contributed by atoms with Crippen LogP contribution in [0.15, 0.2) is 67.0 Å². The summed E-state index contributed by atoms with van der Waals surface area (Å²) in [6, 6.07) is 18.5. The second-order valence-corrected chi connectivity index (χ2v) is 8.71. The fraction of sp³-hybridized carbons (Fsp3) is 0.360. The van der Waals surface area contributed by atoms with E-state index in [2.05, 4.69) is 56.3 Å².